The van der Waals surface area contributed by atoms with E-state index in [1.165, 1.54) is 5.56 Å². The first-order valence-electron chi connectivity index (χ1n) is 7.79. The van der Waals surface area contributed by atoms with Gasteiger partial charge in [0.05, 0.1) is 29.0 Å². The Labute approximate surface area is 140 Å². The predicted molar refractivity (Wildman–Crippen MR) is 96.0 cm³/mol. The summed E-state index contributed by atoms with van der Waals surface area (Å²) < 4.78 is 2.16. The molecule has 0 amide bonds. The number of nitriles is 1. The predicted octanol–water partition coefficient (Wildman–Crippen LogP) is 4.87. The number of fused-ring (bicyclic) bond motifs is 1. The summed E-state index contributed by atoms with van der Waals surface area (Å²) in [5.41, 5.74) is 6.27. The number of pyridine rings is 1. The molecule has 2 aromatic heterocycles. The molecule has 24 heavy (non-hydrogen) atoms. The lowest BCUT2D eigenvalue weighted by molar-refractivity contribution is 1.07. The summed E-state index contributed by atoms with van der Waals surface area (Å²) >= 11 is 0. The first-order chi connectivity index (χ1) is 11.8. The number of nitrogens with zero attached hydrogens (tertiary/aromatic N) is 3. The SMILES string of the molecule is Cc1ccncc1-n1ccc2cc(-c3cccc(C#N)c3)ccc21. The Bertz CT molecular complexity index is 1080. The van der Waals surface area contributed by atoms with Crippen LogP contribution < -0.4 is 0 Å². The molecule has 2 heterocycles. The van der Waals surface area contributed by atoms with Crippen molar-refractivity contribution in [1.82, 2.24) is 9.55 Å². The monoisotopic (exact) mass is 309 g/mol. The molecule has 114 valence electrons. The first-order valence-corrected chi connectivity index (χ1v) is 7.79. The maximum Gasteiger partial charge on any atom is 0.0991 e. The molecular formula is C21H15N3. The minimum absolute atomic E-state index is 0.677. The smallest absolute Gasteiger partial charge is 0.0991 e. The molecule has 0 N–H and O–H groups in total. The zero-order valence-corrected chi connectivity index (χ0v) is 13.3. The molecule has 0 saturated heterocycles. The molecule has 0 bridgehead atoms. The van der Waals surface area contributed by atoms with Gasteiger partial charge in [0.1, 0.15) is 0 Å². The van der Waals surface area contributed by atoms with Crippen molar-refractivity contribution in [2.45, 2.75) is 6.92 Å². The molecule has 0 aliphatic carbocycles. The topological polar surface area (TPSA) is 41.6 Å². The molecule has 3 heteroatoms. The first kappa shape index (κ1) is 14.2. The van der Waals surface area contributed by atoms with E-state index >= 15 is 0 Å². The molecule has 0 saturated carbocycles. The minimum atomic E-state index is 0.677. The van der Waals surface area contributed by atoms with Crippen LogP contribution in [0, 0.1) is 18.3 Å². The van der Waals surface area contributed by atoms with E-state index in [0.29, 0.717) is 5.56 Å². The number of aryl methyl sites for hydroxylation is 1. The highest BCUT2D eigenvalue weighted by molar-refractivity contribution is 5.87. The Balaban J connectivity index is 1.84. The minimum Gasteiger partial charge on any atom is -0.315 e. The molecule has 0 fully saturated rings. The van der Waals surface area contributed by atoms with Crippen LogP contribution in [0.3, 0.4) is 0 Å². The average molecular weight is 309 g/mol. The molecule has 4 rings (SSSR count). The highest BCUT2D eigenvalue weighted by Crippen LogP contribution is 2.28. The van der Waals surface area contributed by atoms with Crippen LogP contribution in [0.1, 0.15) is 11.1 Å². The van der Waals surface area contributed by atoms with Crippen molar-refractivity contribution >= 4 is 10.9 Å². The van der Waals surface area contributed by atoms with Gasteiger partial charge >= 0.3 is 0 Å². The lowest BCUT2D eigenvalue weighted by Gasteiger charge is -2.09. The quantitative estimate of drug-likeness (QED) is 0.530. The zero-order valence-electron chi connectivity index (χ0n) is 13.3. The maximum atomic E-state index is 9.08. The standard InChI is InChI=1S/C21H15N3/c1-15-7-9-23-14-21(15)24-10-8-19-12-18(5-6-20(19)24)17-4-2-3-16(11-17)13-22/h2-12,14H,1H3. The fourth-order valence-corrected chi connectivity index (χ4v) is 3.01. The normalized spacial score (nSPS) is 10.7. The molecule has 2 aromatic carbocycles. The van der Waals surface area contributed by atoms with E-state index in [4.69, 9.17) is 5.26 Å². The Kier molecular flexibility index (Phi) is 3.36. The summed E-state index contributed by atoms with van der Waals surface area (Å²) in [5, 5.41) is 10.2. The Hall–Kier alpha value is -3.38. The lowest BCUT2D eigenvalue weighted by atomic mass is 10.0. The van der Waals surface area contributed by atoms with Gasteiger partial charge in [-0.05, 0) is 60.0 Å². The Morgan fingerprint density at radius 1 is 1.00 bits per heavy atom. The molecule has 0 aliphatic rings. The zero-order chi connectivity index (χ0) is 16.5. The second kappa shape index (κ2) is 5.68. The van der Waals surface area contributed by atoms with Crippen LogP contribution in [0.15, 0.2) is 73.2 Å². The number of aromatic nitrogens is 2. The van der Waals surface area contributed by atoms with Crippen molar-refractivity contribution in [2.75, 3.05) is 0 Å². The van der Waals surface area contributed by atoms with Crippen LogP contribution in [0.25, 0.3) is 27.7 Å². The van der Waals surface area contributed by atoms with E-state index in [0.717, 1.165) is 27.7 Å². The lowest BCUT2D eigenvalue weighted by Crippen LogP contribution is -1.95. The highest BCUT2D eigenvalue weighted by Gasteiger charge is 2.07. The molecule has 0 unspecified atom stereocenters. The van der Waals surface area contributed by atoms with Gasteiger partial charge in [-0.25, -0.2) is 0 Å². The van der Waals surface area contributed by atoms with Gasteiger partial charge in [-0.15, -0.1) is 0 Å². The van der Waals surface area contributed by atoms with Crippen molar-refractivity contribution in [1.29, 1.82) is 5.26 Å². The molecule has 0 spiro atoms. The second-order valence-corrected chi connectivity index (χ2v) is 5.81. The van der Waals surface area contributed by atoms with Gasteiger partial charge in [0.2, 0.25) is 0 Å². The van der Waals surface area contributed by atoms with Gasteiger partial charge in [-0.3, -0.25) is 4.98 Å². The summed E-state index contributed by atoms with van der Waals surface area (Å²) in [4.78, 5) is 4.24. The molecule has 0 atom stereocenters. The van der Waals surface area contributed by atoms with E-state index in [9.17, 15) is 0 Å². The van der Waals surface area contributed by atoms with Crippen LogP contribution in [-0.2, 0) is 0 Å². The molecule has 0 aliphatic heterocycles. The largest absolute Gasteiger partial charge is 0.315 e. The van der Waals surface area contributed by atoms with Crippen molar-refractivity contribution < 1.29 is 0 Å². The summed E-state index contributed by atoms with van der Waals surface area (Å²) in [6.07, 6.45) is 5.77. The molecule has 3 nitrogen and oxygen atoms in total. The second-order valence-electron chi connectivity index (χ2n) is 5.81. The summed E-state index contributed by atoms with van der Waals surface area (Å²) in [6, 6.07) is 20.4. The van der Waals surface area contributed by atoms with E-state index in [2.05, 4.69) is 53.0 Å². The van der Waals surface area contributed by atoms with E-state index < -0.39 is 0 Å². The fourth-order valence-electron chi connectivity index (χ4n) is 3.01. The third-order valence-corrected chi connectivity index (χ3v) is 4.29. The van der Waals surface area contributed by atoms with Gasteiger partial charge in [-0.2, -0.15) is 5.26 Å². The van der Waals surface area contributed by atoms with Crippen molar-refractivity contribution in [3.8, 4) is 22.9 Å². The third-order valence-electron chi connectivity index (χ3n) is 4.29. The van der Waals surface area contributed by atoms with Crippen LogP contribution in [-0.4, -0.2) is 9.55 Å². The number of benzene rings is 2. The van der Waals surface area contributed by atoms with Crippen molar-refractivity contribution in [3.05, 3.63) is 84.3 Å². The summed E-state index contributed by atoms with van der Waals surface area (Å²) in [6.45, 7) is 2.09. The van der Waals surface area contributed by atoms with Gasteiger partial charge in [0.15, 0.2) is 0 Å². The van der Waals surface area contributed by atoms with Gasteiger partial charge in [0.25, 0.3) is 0 Å². The van der Waals surface area contributed by atoms with E-state index in [1.807, 2.05) is 42.7 Å². The molecule has 0 radical (unpaired) electrons. The van der Waals surface area contributed by atoms with Gasteiger partial charge < -0.3 is 4.57 Å². The Morgan fingerprint density at radius 2 is 1.88 bits per heavy atom. The van der Waals surface area contributed by atoms with Gasteiger partial charge in [-0.1, -0.05) is 18.2 Å². The highest BCUT2D eigenvalue weighted by atomic mass is 15.0. The van der Waals surface area contributed by atoms with Crippen molar-refractivity contribution in [3.63, 3.8) is 0 Å². The number of rotatable bonds is 2. The van der Waals surface area contributed by atoms with Crippen LogP contribution >= 0.6 is 0 Å². The Morgan fingerprint density at radius 3 is 2.71 bits per heavy atom. The van der Waals surface area contributed by atoms with Gasteiger partial charge in [0, 0.05) is 17.8 Å². The summed E-state index contributed by atoms with van der Waals surface area (Å²) in [5.74, 6) is 0. The molecular weight excluding hydrogens is 294 g/mol. The van der Waals surface area contributed by atoms with Crippen LogP contribution in [0.2, 0.25) is 0 Å². The molecule has 4 aromatic rings. The van der Waals surface area contributed by atoms with E-state index in [-0.39, 0.29) is 0 Å². The van der Waals surface area contributed by atoms with Crippen molar-refractivity contribution in [2.24, 2.45) is 0 Å². The third kappa shape index (κ3) is 2.35. The number of hydrogen-bond acceptors (Lipinski definition) is 2. The van der Waals surface area contributed by atoms with E-state index in [1.54, 1.807) is 0 Å². The average Bonchev–Trinajstić information content (AvgIpc) is 3.05. The fraction of sp³-hybridized carbons (Fsp3) is 0.0476. The summed E-state index contributed by atoms with van der Waals surface area (Å²) in [7, 11) is 0. The maximum absolute atomic E-state index is 9.08. The van der Waals surface area contributed by atoms with Crippen LogP contribution in [0.4, 0.5) is 0 Å². The van der Waals surface area contributed by atoms with Crippen LogP contribution in [0.5, 0.6) is 0 Å². The number of hydrogen-bond donors (Lipinski definition) is 0.